The number of alkyl halides is 1. The predicted octanol–water partition coefficient (Wildman–Crippen LogP) is 1.76. The summed E-state index contributed by atoms with van der Waals surface area (Å²) in [6.07, 6.45) is -0.0980. The number of nitrogens with one attached hydrogen (secondary N) is 2. The molecule has 44 heavy (non-hydrogen) atoms. The molecular weight excluding hydrogens is 634 g/mol. The first kappa shape index (κ1) is 36.4. The van der Waals surface area contributed by atoms with Gasteiger partial charge in [0.2, 0.25) is 5.91 Å². The maximum absolute atomic E-state index is 12.9. The van der Waals surface area contributed by atoms with E-state index >= 15 is 0 Å². The number of anilines is 2. The number of sulfonamides is 1. The summed E-state index contributed by atoms with van der Waals surface area (Å²) in [6, 6.07) is 6.44. The number of likely N-dealkylation sites (N-methyl/N-ethyl adjacent to an activating group) is 1. The van der Waals surface area contributed by atoms with E-state index in [0.717, 1.165) is 25.8 Å². The summed E-state index contributed by atoms with van der Waals surface area (Å²) >= 11 is 7.55. The number of thioether (sulfide) groups is 1. The number of aliphatic hydroxyl groups excluding tert-OH is 3. The number of likely N-dealkylation sites (tertiary alicyclic amines) is 1. The zero-order valence-electron chi connectivity index (χ0n) is 25.5. The molecule has 0 spiro atoms. The van der Waals surface area contributed by atoms with Gasteiger partial charge in [-0.15, -0.1) is 23.4 Å². The number of hydrogen-bond acceptors (Lipinski definition) is 12. The van der Waals surface area contributed by atoms with E-state index in [-0.39, 0.29) is 22.7 Å². The monoisotopic (exact) mass is 677 g/mol. The van der Waals surface area contributed by atoms with Crippen molar-refractivity contribution >= 4 is 50.8 Å². The lowest BCUT2D eigenvalue weighted by molar-refractivity contribution is -0.205. The Labute approximate surface area is 267 Å². The molecule has 1 amide bonds. The average molecular weight is 678 g/mol. The van der Waals surface area contributed by atoms with Crippen LogP contribution in [0.2, 0.25) is 0 Å². The van der Waals surface area contributed by atoms with Gasteiger partial charge in [-0.3, -0.25) is 14.4 Å². The minimum absolute atomic E-state index is 0.118. The molecule has 0 aliphatic carbocycles. The third kappa shape index (κ3) is 9.22. The average Bonchev–Trinajstić information content (AvgIpc) is 3.55. The number of aromatic nitrogens is 1. The Kier molecular flexibility index (Phi) is 13.2. The highest BCUT2D eigenvalue weighted by molar-refractivity contribution is 7.99. The molecule has 16 heteroatoms. The van der Waals surface area contributed by atoms with Crippen LogP contribution in [0.1, 0.15) is 38.9 Å². The quantitative estimate of drug-likeness (QED) is 0.157. The summed E-state index contributed by atoms with van der Waals surface area (Å²) in [5.41, 5.74) is 5.28. The van der Waals surface area contributed by atoms with E-state index < -0.39 is 51.3 Å². The van der Waals surface area contributed by atoms with Crippen LogP contribution in [0.15, 0.2) is 39.8 Å². The minimum atomic E-state index is -3.64. The largest absolute Gasteiger partial charge is 0.399 e. The zero-order chi connectivity index (χ0) is 32.8. The Balaban J connectivity index is 0.000000266. The zero-order valence-corrected chi connectivity index (χ0v) is 27.8. The number of ether oxygens (including phenoxy) is 1. The number of carbonyl (C=O) groups excluding carboxylic acids is 1. The Morgan fingerprint density at radius 1 is 1.23 bits per heavy atom. The van der Waals surface area contributed by atoms with Crippen molar-refractivity contribution in [3.63, 3.8) is 0 Å². The van der Waals surface area contributed by atoms with Gasteiger partial charge in [0.25, 0.3) is 10.0 Å². The van der Waals surface area contributed by atoms with Crippen LogP contribution in [-0.2, 0) is 19.6 Å². The summed E-state index contributed by atoms with van der Waals surface area (Å²) in [6.45, 7) is 6.41. The fourth-order valence-corrected chi connectivity index (χ4v) is 7.24. The van der Waals surface area contributed by atoms with E-state index in [1.54, 1.807) is 20.1 Å². The molecule has 1 aromatic carbocycles. The number of carbonyl (C=O) groups is 1. The lowest BCUT2D eigenvalue weighted by Crippen LogP contribution is -2.65. The smallest absolute Gasteiger partial charge is 0.263 e. The highest BCUT2D eigenvalue weighted by atomic mass is 35.5. The van der Waals surface area contributed by atoms with E-state index in [2.05, 4.69) is 22.1 Å². The fraction of sp³-hybridized carbons (Fsp3) is 0.643. The molecule has 9 atom stereocenters. The molecule has 0 saturated carbocycles. The molecule has 2 aliphatic rings. The maximum atomic E-state index is 12.9. The van der Waals surface area contributed by atoms with Gasteiger partial charge >= 0.3 is 0 Å². The number of nitrogens with two attached hydrogens (primary N) is 1. The highest BCUT2D eigenvalue weighted by Crippen LogP contribution is 2.31. The Hall–Kier alpha value is -2.11. The van der Waals surface area contributed by atoms with Crippen molar-refractivity contribution in [2.75, 3.05) is 30.3 Å². The molecule has 4 rings (SSSR count). The second-order valence-corrected chi connectivity index (χ2v) is 14.5. The van der Waals surface area contributed by atoms with Crippen LogP contribution in [0.4, 0.5) is 11.5 Å². The van der Waals surface area contributed by atoms with Gasteiger partial charge < -0.3 is 35.6 Å². The second kappa shape index (κ2) is 15.9. The number of halogens is 1. The second-order valence-electron chi connectivity index (χ2n) is 11.2. The standard InChI is InChI=1S/C18H33ClN2O5S.C10H11N3O3S/c1-5-6-10-7-11(21(3)8-10)17(25)20-12(9(2)19)16-14(23)13(22)15(24)18(26-16)27-4;1-7-6-10(12-16-7)13-17(14,15)9-4-2-8(11)3-5-9/h9-16,18,22-24H,5-8H2,1-4H3,(H,20,25);2-6H,11H2,1H3,(H,12,13)/t9-,10+,11-,12+,13-,14+,15+,16+,18+;/m0./s1. The molecule has 2 aromatic rings. The van der Waals surface area contributed by atoms with Gasteiger partial charge in [-0.1, -0.05) is 18.5 Å². The molecule has 0 bridgehead atoms. The number of aryl methyl sites for hydroxylation is 1. The summed E-state index contributed by atoms with van der Waals surface area (Å²) in [7, 11) is -1.71. The van der Waals surface area contributed by atoms with Crippen molar-refractivity contribution in [1.29, 1.82) is 0 Å². The van der Waals surface area contributed by atoms with Gasteiger partial charge in [0.15, 0.2) is 5.82 Å². The van der Waals surface area contributed by atoms with Crippen molar-refractivity contribution < 1.29 is 37.8 Å². The van der Waals surface area contributed by atoms with Gasteiger partial charge in [0, 0.05) is 18.3 Å². The van der Waals surface area contributed by atoms with Crippen molar-refractivity contribution in [1.82, 2.24) is 15.4 Å². The van der Waals surface area contributed by atoms with E-state index in [0.29, 0.717) is 17.4 Å². The van der Waals surface area contributed by atoms with Crippen molar-refractivity contribution in [3.05, 3.63) is 36.1 Å². The molecule has 13 nitrogen and oxygen atoms in total. The third-order valence-electron chi connectivity index (χ3n) is 7.69. The minimum Gasteiger partial charge on any atom is -0.399 e. The SMILES string of the molecule is CCC[C@@H]1C[C@@H](C(=O)N[C@@H]([C@H]2O[C@H](SC)[C@H](O)[C@@H](O)[C@H]2O)[C@H](C)Cl)N(C)C1.Cc1cc(NS(=O)(=O)c2ccc(N)cc2)no1. The Morgan fingerprint density at radius 3 is 2.43 bits per heavy atom. The van der Waals surface area contributed by atoms with Gasteiger partial charge in [-0.05, 0) is 70.2 Å². The van der Waals surface area contributed by atoms with Crippen molar-refractivity contribution in [3.8, 4) is 0 Å². The van der Waals surface area contributed by atoms with E-state index in [1.165, 1.54) is 42.1 Å². The molecule has 7 N–H and O–H groups in total. The van der Waals surface area contributed by atoms with Gasteiger partial charge in [-0.2, -0.15) is 0 Å². The molecule has 0 unspecified atom stereocenters. The first-order valence-electron chi connectivity index (χ1n) is 14.4. The predicted molar refractivity (Wildman–Crippen MR) is 170 cm³/mol. The Morgan fingerprint density at radius 2 is 1.89 bits per heavy atom. The van der Waals surface area contributed by atoms with Gasteiger partial charge in [-0.25, -0.2) is 8.42 Å². The van der Waals surface area contributed by atoms with Crippen molar-refractivity contribution in [2.45, 2.75) is 92.2 Å². The van der Waals surface area contributed by atoms with Crippen LogP contribution in [0.3, 0.4) is 0 Å². The number of nitrogens with zero attached hydrogens (tertiary/aromatic N) is 2. The lowest BCUT2D eigenvalue weighted by Gasteiger charge is -2.44. The number of amides is 1. The van der Waals surface area contributed by atoms with Crippen molar-refractivity contribution in [2.24, 2.45) is 5.92 Å². The van der Waals surface area contributed by atoms with Crippen LogP contribution in [-0.4, -0.2) is 107 Å². The normalized spacial score (nSPS) is 28.9. The molecule has 2 fully saturated rings. The molecule has 1 aromatic heterocycles. The third-order valence-corrected chi connectivity index (χ3v) is 10.2. The van der Waals surface area contributed by atoms with Crippen LogP contribution in [0, 0.1) is 12.8 Å². The number of nitrogen functional groups attached to an aromatic ring is 1. The number of hydrogen-bond donors (Lipinski definition) is 6. The molecule has 2 saturated heterocycles. The first-order valence-corrected chi connectivity index (χ1v) is 17.6. The van der Waals surface area contributed by atoms with Gasteiger partial charge in [0.1, 0.15) is 35.6 Å². The molecular formula is C28H44ClN5O8S2. The van der Waals surface area contributed by atoms with Crippen LogP contribution in [0.25, 0.3) is 0 Å². The number of rotatable bonds is 10. The van der Waals surface area contributed by atoms with Crippen LogP contribution in [0.5, 0.6) is 0 Å². The summed E-state index contributed by atoms with van der Waals surface area (Å²) in [4.78, 5) is 15.1. The van der Waals surface area contributed by atoms with E-state index in [1.807, 2.05) is 11.9 Å². The van der Waals surface area contributed by atoms with E-state index in [9.17, 15) is 28.5 Å². The highest BCUT2D eigenvalue weighted by Gasteiger charge is 2.48. The molecule has 0 radical (unpaired) electrons. The van der Waals surface area contributed by atoms with Crippen LogP contribution < -0.4 is 15.8 Å². The molecule has 2 aliphatic heterocycles. The number of aliphatic hydroxyl groups is 3. The summed E-state index contributed by atoms with van der Waals surface area (Å²) in [5, 5.41) is 36.6. The van der Waals surface area contributed by atoms with Gasteiger partial charge in [0.05, 0.1) is 22.4 Å². The summed E-state index contributed by atoms with van der Waals surface area (Å²) < 4.78 is 36.6. The molecule has 3 heterocycles. The lowest BCUT2D eigenvalue weighted by atomic mass is 9.92. The molecule has 248 valence electrons. The summed E-state index contributed by atoms with van der Waals surface area (Å²) in [5.74, 6) is 1.03. The topological polar surface area (TPSA) is 200 Å². The first-order chi connectivity index (χ1) is 20.7. The number of benzene rings is 1. The fourth-order valence-electron chi connectivity index (χ4n) is 5.37. The van der Waals surface area contributed by atoms with E-state index in [4.69, 9.17) is 26.6 Å². The van der Waals surface area contributed by atoms with Crippen LogP contribution >= 0.6 is 23.4 Å². The Bertz CT molecular complexity index is 1310. The maximum Gasteiger partial charge on any atom is 0.263 e.